The Morgan fingerprint density at radius 1 is 0.812 bits per heavy atom. The van der Waals surface area contributed by atoms with E-state index in [1.54, 1.807) is 0 Å². The van der Waals surface area contributed by atoms with Crippen molar-refractivity contribution in [2.75, 3.05) is 0 Å². The van der Waals surface area contributed by atoms with Crippen LogP contribution in [-0.2, 0) is 12.4 Å². The first-order chi connectivity index (χ1) is 15.0. The van der Waals surface area contributed by atoms with Crippen molar-refractivity contribution in [3.05, 3.63) is 77.4 Å². The molecule has 4 nitrogen and oxygen atoms in total. The molecule has 0 heterocycles. The Labute approximate surface area is 176 Å². The van der Waals surface area contributed by atoms with E-state index in [-0.39, 0.29) is 16.9 Å². The van der Waals surface area contributed by atoms with Gasteiger partial charge in [0, 0.05) is 11.1 Å². The third-order valence-corrected chi connectivity index (χ3v) is 4.59. The number of oxime groups is 1. The zero-order chi connectivity index (χ0) is 23.7. The SMILES string of the molecule is ON=C(NF)c1cc(C(F)(F)F)cc(-c2ccc(O)cc2)c1-c1ccccc1C(F)(F)F. The van der Waals surface area contributed by atoms with Crippen LogP contribution in [0, 0.1) is 0 Å². The second-order valence-corrected chi connectivity index (χ2v) is 6.58. The molecule has 0 spiro atoms. The second-order valence-electron chi connectivity index (χ2n) is 6.58. The van der Waals surface area contributed by atoms with Gasteiger partial charge in [0.05, 0.1) is 11.1 Å². The zero-order valence-electron chi connectivity index (χ0n) is 15.8. The van der Waals surface area contributed by atoms with Crippen LogP contribution in [0.25, 0.3) is 22.3 Å². The maximum atomic E-state index is 13.7. The molecule has 3 aromatic rings. The predicted octanol–water partition coefficient (Wildman–Crippen LogP) is 6.37. The first-order valence-electron chi connectivity index (χ1n) is 8.77. The first kappa shape index (κ1) is 22.9. The highest BCUT2D eigenvalue weighted by Crippen LogP contribution is 2.45. The van der Waals surface area contributed by atoms with Crippen molar-refractivity contribution >= 4 is 5.84 Å². The molecule has 0 amide bonds. The highest BCUT2D eigenvalue weighted by Gasteiger charge is 2.37. The maximum Gasteiger partial charge on any atom is 0.417 e. The summed E-state index contributed by atoms with van der Waals surface area (Å²) in [5.74, 6) is -1.36. The minimum absolute atomic E-state index is 0.00160. The fourth-order valence-electron chi connectivity index (χ4n) is 3.22. The van der Waals surface area contributed by atoms with E-state index in [1.807, 2.05) is 0 Å². The number of alkyl halides is 6. The van der Waals surface area contributed by atoms with Crippen LogP contribution in [0.15, 0.2) is 65.8 Å². The van der Waals surface area contributed by atoms with Gasteiger partial charge in [0.25, 0.3) is 0 Å². The molecule has 0 aliphatic heterocycles. The third kappa shape index (κ3) is 4.46. The lowest BCUT2D eigenvalue weighted by atomic mass is 9.86. The lowest BCUT2D eigenvalue weighted by molar-refractivity contribution is -0.138. The Morgan fingerprint density at radius 2 is 1.44 bits per heavy atom. The van der Waals surface area contributed by atoms with Gasteiger partial charge in [-0.2, -0.15) is 26.3 Å². The van der Waals surface area contributed by atoms with Crippen LogP contribution in [0.1, 0.15) is 16.7 Å². The fraction of sp³-hybridized carbons (Fsp3) is 0.0952. The van der Waals surface area contributed by atoms with Crippen LogP contribution in [0.4, 0.5) is 30.8 Å². The summed E-state index contributed by atoms with van der Waals surface area (Å²) in [7, 11) is 0. The molecule has 0 fully saturated rings. The van der Waals surface area contributed by atoms with Crippen LogP contribution in [0.3, 0.4) is 0 Å². The van der Waals surface area contributed by atoms with E-state index in [9.17, 15) is 35.9 Å². The van der Waals surface area contributed by atoms with Crippen molar-refractivity contribution in [3.8, 4) is 28.0 Å². The first-order valence-corrected chi connectivity index (χ1v) is 8.77. The van der Waals surface area contributed by atoms with Gasteiger partial charge in [-0.05, 0) is 47.0 Å². The van der Waals surface area contributed by atoms with Gasteiger partial charge >= 0.3 is 12.4 Å². The van der Waals surface area contributed by atoms with Crippen molar-refractivity contribution in [2.45, 2.75) is 12.4 Å². The summed E-state index contributed by atoms with van der Waals surface area (Å²) in [6.45, 7) is 0. The number of nitrogens with zero attached hydrogens (tertiary/aromatic N) is 1. The average molecular weight is 458 g/mol. The topological polar surface area (TPSA) is 64.9 Å². The maximum absolute atomic E-state index is 13.7. The molecule has 0 aliphatic carbocycles. The lowest BCUT2D eigenvalue weighted by Crippen LogP contribution is -2.20. The number of nitrogens with one attached hydrogen (secondary N) is 1. The molecular formula is C21H13F7N2O2. The van der Waals surface area contributed by atoms with E-state index in [0.717, 1.165) is 35.9 Å². The summed E-state index contributed by atoms with van der Waals surface area (Å²) in [5, 5.41) is 21.2. The smallest absolute Gasteiger partial charge is 0.417 e. The quantitative estimate of drug-likeness (QED) is 0.107. The number of aromatic hydroxyl groups is 1. The molecular weight excluding hydrogens is 445 g/mol. The molecule has 0 aliphatic rings. The van der Waals surface area contributed by atoms with Crippen LogP contribution < -0.4 is 5.54 Å². The van der Waals surface area contributed by atoms with Crippen LogP contribution in [0.2, 0.25) is 0 Å². The summed E-state index contributed by atoms with van der Waals surface area (Å²) >= 11 is 0. The summed E-state index contributed by atoms with van der Waals surface area (Å²) in [6.07, 6.45) is -9.86. The number of benzene rings is 3. The van der Waals surface area contributed by atoms with E-state index < -0.39 is 46.0 Å². The van der Waals surface area contributed by atoms with Gasteiger partial charge in [0.15, 0.2) is 0 Å². The Bertz CT molecular complexity index is 1150. The molecule has 0 unspecified atom stereocenters. The lowest BCUT2D eigenvalue weighted by Gasteiger charge is -2.21. The number of amidine groups is 1. The van der Waals surface area contributed by atoms with Crippen molar-refractivity contribution in [2.24, 2.45) is 5.16 Å². The van der Waals surface area contributed by atoms with E-state index in [4.69, 9.17) is 5.21 Å². The van der Waals surface area contributed by atoms with Crippen LogP contribution in [0.5, 0.6) is 5.75 Å². The normalized spacial score (nSPS) is 12.7. The van der Waals surface area contributed by atoms with E-state index in [1.165, 1.54) is 18.2 Å². The van der Waals surface area contributed by atoms with E-state index in [2.05, 4.69) is 5.16 Å². The average Bonchev–Trinajstić information content (AvgIpc) is 2.73. The molecule has 0 aromatic heterocycles. The zero-order valence-corrected chi connectivity index (χ0v) is 15.8. The summed E-state index contributed by atoms with van der Waals surface area (Å²) in [4.78, 5) is 0. The number of phenolic OH excluding ortho intramolecular Hbond substituents is 1. The van der Waals surface area contributed by atoms with Crippen molar-refractivity contribution in [1.82, 2.24) is 5.54 Å². The number of phenols is 1. The summed E-state index contributed by atoms with van der Waals surface area (Å²) < 4.78 is 95.1. The minimum atomic E-state index is -4.96. The standard InChI is InChI=1S/C21H13F7N2O2/c22-20(23,24)12-9-15(11-5-7-13(31)8-6-11)18(16(10-12)19(29-28)30-32)14-3-1-2-4-17(14)21(25,26)27/h1-10,31-32H,(H,29,30). The molecule has 3 N–H and O–H groups in total. The third-order valence-electron chi connectivity index (χ3n) is 4.59. The molecule has 0 radical (unpaired) electrons. The predicted molar refractivity (Wildman–Crippen MR) is 102 cm³/mol. The fourth-order valence-corrected chi connectivity index (χ4v) is 3.22. The number of rotatable bonds is 3. The van der Waals surface area contributed by atoms with Gasteiger partial charge < -0.3 is 10.3 Å². The molecule has 3 rings (SSSR count). The van der Waals surface area contributed by atoms with Crippen LogP contribution in [-0.4, -0.2) is 16.1 Å². The Hall–Kier alpha value is -3.76. The van der Waals surface area contributed by atoms with Crippen molar-refractivity contribution in [1.29, 1.82) is 0 Å². The molecule has 11 heteroatoms. The number of halogens is 7. The Kier molecular flexibility index (Phi) is 6.02. The van der Waals surface area contributed by atoms with Crippen LogP contribution >= 0.6 is 0 Å². The van der Waals surface area contributed by atoms with E-state index >= 15 is 0 Å². The molecule has 0 saturated heterocycles. The molecule has 0 saturated carbocycles. The second kappa shape index (κ2) is 8.40. The van der Waals surface area contributed by atoms with Gasteiger partial charge in [0.1, 0.15) is 5.75 Å². The molecule has 168 valence electrons. The van der Waals surface area contributed by atoms with Gasteiger partial charge in [-0.15, -0.1) is 4.48 Å². The highest BCUT2D eigenvalue weighted by molar-refractivity contribution is 6.07. The molecule has 32 heavy (non-hydrogen) atoms. The summed E-state index contributed by atoms with van der Waals surface area (Å²) in [6, 6.07) is 9.66. The van der Waals surface area contributed by atoms with Gasteiger partial charge in [-0.1, -0.05) is 35.5 Å². The van der Waals surface area contributed by atoms with E-state index in [0.29, 0.717) is 12.1 Å². The molecule has 0 bridgehead atoms. The highest BCUT2D eigenvalue weighted by atomic mass is 19.4. The minimum Gasteiger partial charge on any atom is -0.508 e. The van der Waals surface area contributed by atoms with Crippen molar-refractivity contribution < 1.29 is 41.1 Å². The molecule has 0 atom stereocenters. The van der Waals surface area contributed by atoms with Crippen molar-refractivity contribution in [3.63, 3.8) is 0 Å². The number of hydrogen-bond donors (Lipinski definition) is 3. The number of hydrogen-bond acceptors (Lipinski definition) is 3. The van der Waals surface area contributed by atoms with Gasteiger partial charge in [-0.3, -0.25) is 0 Å². The summed E-state index contributed by atoms with van der Waals surface area (Å²) in [5.41, 5.74) is -3.75. The Morgan fingerprint density at radius 3 is 1.97 bits per heavy atom. The Balaban J connectivity index is 2.53. The van der Waals surface area contributed by atoms with Gasteiger partial charge in [0.2, 0.25) is 5.84 Å². The monoisotopic (exact) mass is 458 g/mol. The van der Waals surface area contributed by atoms with Gasteiger partial charge in [-0.25, -0.2) is 5.54 Å². The largest absolute Gasteiger partial charge is 0.508 e. The molecule has 3 aromatic carbocycles.